The molecule has 0 bridgehead atoms. The highest BCUT2D eigenvalue weighted by Crippen LogP contribution is 2.18. The summed E-state index contributed by atoms with van der Waals surface area (Å²) in [7, 11) is 0. The van der Waals surface area contributed by atoms with Gasteiger partial charge < -0.3 is 16.0 Å². The van der Waals surface area contributed by atoms with Crippen LogP contribution in [0.5, 0.6) is 0 Å². The summed E-state index contributed by atoms with van der Waals surface area (Å²) in [6.07, 6.45) is 0. The van der Waals surface area contributed by atoms with Gasteiger partial charge in [0.05, 0.1) is 0 Å². The molecule has 246 valence electrons. The fourth-order valence-corrected chi connectivity index (χ4v) is 6.35. The number of amides is 3. The van der Waals surface area contributed by atoms with Crippen molar-refractivity contribution in [1.82, 2.24) is 16.0 Å². The van der Waals surface area contributed by atoms with Crippen LogP contribution in [0.4, 0.5) is 0 Å². The van der Waals surface area contributed by atoms with Crippen molar-refractivity contribution in [1.29, 1.82) is 0 Å². The van der Waals surface area contributed by atoms with Gasteiger partial charge in [-0.25, -0.2) is 0 Å². The highest BCUT2D eigenvalue weighted by atomic mass is 16.2. The monoisotopic (exact) mass is 623 g/mol. The van der Waals surface area contributed by atoms with Gasteiger partial charge >= 0.3 is 0 Å². The first-order chi connectivity index (χ1) is 20.9. The quantitative estimate of drug-likeness (QED) is 0.311. The molecule has 0 fully saturated rings. The highest BCUT2D eigenvalue weighted by molar-refractivity contribution is 6.97. The zero-order valence-corrected chi connectivity index (χ0v) is 30.8. The Bertz CT molecular complexity index is 1420. The van der Waals surface area contributed by atoms with E-state index in [0.717, 1.165) is 49.8 Å². The number of carbonyl (C=O) groups is 3. The molecule has 0 heterocycles. The Morgan fingerprint density at radius 3 is 0.739 bits per heavy atom. The minimum atomic E-state index is -0.357. The molecule has 3 rings (SSSR count). The summed E-state index contributed by atoms with van der Waals surface area (Å²) in [6.45, 7) is 30.0. The SMILES string of the molecule is Cc1cc(C(=O)NC(C)(C)C)cc(C)c1B(c1c(C)cc(C(=O)NC(C)(C)C)cc1C)c1c(C)cc(C(=O)NC(C)(C)C)cc1C. The lowest BCUT2D eigenvalue weighted by atomic mass is 9.33. The van der Waals surface area contributed by atoms with Crippen LogP contribution >= 0.6 is 0 Å². The van der Waals surface area contributed by atoms with E-state index < -0.39 is 0 Å². The van der Waals surface area contributed by atoms with Gasteiger partial charge in [0.25, 0.3) is 17.7 Å². The Morgan fingerprint density at radius 1 is 0.413 bits per heavy atom. The molecule has 0 saturated heterocycles. The molecule has 0 radical (unpaired) electrons. The van der Waals surface area contributed by atoms with E-state index in [1.54, 1.807) is 0 Å². The van der Waals surface area contributed by atoms with Crippen LogP contribution < -0.4 is 32.3 Å². The molecule has 0 unspecified atom stereocenters. The number of carbonyl (C=O) groups excluding carboxylic acids is 3. The van der Waals surface area contributed by atoms with Crippen molar-refractivity contribution in [3.63, 3.8) is 0 Å². The number of hydrogen-bond acceptors (Lipinski definition) is 3. The van der Waals surface area contributed by atoms with Crippen molar-refractivity contribution in [2.75, 3.05) is 0 Å². The fraction of sp³-hybridized carbons (Fsp3) is 0.462. The normalized spacial score (nSPS) is 12.1. The maximum Gasteiger partial charge on any atom is 0.251 e. The van der Waals surface area contributed by atoms with Gasteiger partial charge in [0.1, 0.15) is 0 Å². The first kappa shape index (κ1) is 36.6. The van der Waals surface area contributed by atoms with E-state index >= 15 is 0 Å². The van der Waals surface area contributed by atoms with Gasteiger partial charge in [-0.1, -0.05) is 49.8 Å². The molecule has 0 aliphatic carbocycles. The third kappa shape index (κ3) is 8.89. The molecular weight excluding hydrogens is 569 g/mol. The predicted molar refractivity (Wildman–Crippen MR) is 194 cm³/mol. The minimum Gasteiger partial charge on any atom is -0.347 e. The van der Waals surface area contributed by atoms with Crippen LogP contribution in [0.3, 0.4) is 0 Å². The van der Waals surface area contributed by atoms with E-state index in [2.05, 4.69) is 57.5 Å². The zero-order chi connectivity index (χ0) is 35.1. The van der Waals surface area contributed by atoms with Crippen molar-refractivity contribution in [2.45, 2.75) is 120 Å². The summed E-state index contributed by atoms with van der Waals surface area (Å²) >= 11 is 0. The molecule has 3 amide bonds. The van der Waals surface area contributed by atoms with Crippen molar-refractivity contribution in [3.05, 3.63) is 86.5 Å². The van der Waals surface area contributed by atoms with Gasteiger partial charge in [-0.15, -0.1) is 0 Å². The molecule has 0 aliphatic heterocycles. The van der Waals surface area contributed by atoms with E-state index in [-0.39, 0.29) is 41.1 Å². The Kier molecular flexibility index (Phi) is 10.4. The summed E-state index contributed by atoms with van der Waals surface area (Å²) in [5, 5.41) is 9.27. The van der Waals surface area contributed by atoms with Crippen molar-refractivity contribution < 1.29 is 14.4 Å². The lowest BCUT2D eigenvalue weighted by Gasteiger charge is -2.28. The van der Waals surface area contributed by atoms with Crippen LogP contribution in [-0.4, -0.2) is 41.1 Å². The molecule has 46 heavy (non-hydrogen) atoms. The number of aryl methyl sites for hydroxylation is 6. The number of benzene rings is 3. The molecule has 0 aliphatic rings. The summed E-state index contributed by atoms with van der Waals surface area (Å²) < 4.78 is 0. The van der Waals surface area contributed by atoms with Crippen LogP contribution in [0.2, 0.25) is 0 Å². The fourth-order valence-electron chi connectivity index (χ4n) is 6.35. The van der Waals surface area contributed by atoms with E-state index in [4.69, 9.17) is 0 Å². The van der Waals surface area contributed by atoms with Gasteiger partial charge in [-0.2, -0.15) is 0 Å². The molecular formula is C39H54BN3O3. The molecule has 3 aromatic rings. The highest BCUT2D eigenvalue weighted by Gasteiger charge is 2.33. The first-order valence-corrected chi connectivity index (χ1v) is 16.2. The second-order valence-corrected chi connectivity index (χ2v) is 16.1. The van der Waals surface area contributed by atoms with Crippen LogP contribution in [0.15, 0.2) is 36.4 Å². The number of hydrogen-bond donors (Lipinski definition) is 3. The van der Waals surface area contributed by atoms with Crippen LogP contribution in [-0.2, 0) is 0 Å². The summed E-state index contributed by atoms with van der Waals surface area (Å²) in [5.74, 6) is -0.320. The molecule has 0 aromatic heterocycles. The van der Waals surface area contributed by atoms with Crippen molar-refractivity contribution >= 4 is 40.8 Å². The molecule has 3 aromatic carbocycles. The van der Waals surface area contributed by atoms with Gasteiger partial charge in [0.2, 0.25) is 6.71 Å². The maximum atomic E-state index is 13.2. The molecule has 0 atom stereocenters. The second kappa shape index (κ2) is 13.1. The Labute approximate surface area is 277 Å². The third-order valence-electron chi connectivity index (χ3n) is 7.90. The van der Waals surface area contributed by atoms with Gasteiger partial charge in [0.15, 0.2) is 0 Å². The zero-order valence-electron chi connectivity index (χ0n) is 30.8. The van der Waals surface area contributed by atoms with Crippen molar-refractivity contribution in [3.8, 4) is 0 Å². The Morgan fingerprint density at radius 2 is 0.587 bits per heavy atom. The van der Waals surface area contributed by atoms with E-state index in [1.165, 1.54) is 0 Å². The number of rotatable bonds is 6. The number of nitrogens with one attached hydrogen (secondary N) is 3. The van der Waals surface area contributed by atoms with Gasteiger partial charge in [0, 0.05) is 33.3 Å². The molecule has 0 saturated carbocycles. The first-order valence-electron chi connectivity index (χ1n) is 16.2. The topological polar surface area (TPSA) is 87.3 Å². The molecule has 0 spiro atoms. The van der Waals surface area contributed by atoms with Crippen LogP contribution in [0.25, 0.3) is 0 Å². The predicted octanol–water partition coefficient (Wildman–Crippen LogP) is 5.64. The average molecular weight is 624 g/mol. The van der Waals surface area contributed by atoms with Crippen molar-refractivity contribution in [2.24, 2.45) is 0 Å². The largest absolute Gasteiger partial charge is 0.347 e. The van der Waals surface area contributed by atoms with E-state index in [0.29, 0.717) is 16.7 Å². The van der Waals surface area contributed by atoms with Crippen LogP contribution in [0.1, 0.15) is 127 Å². The smallest absolute Gasteiger partial charge is 0.251 e. The van der Waals surface area contributed by atoms with E-state index in [9.17, 15) is 14.4 Å². The lowest BCUT2D eigenvalue weighted by molar-refractivity contribution is 0.0910. The standard InChI is InChI=1S/C39H54BN3O3/c1-22-16-28(34(44)41-37(7,8)9)17-23(2)31(22)40(32-24(3)18-29(19-25(32)4)35(45)42-38(10,11)12)33-26(5)20-30(21-27(33)6)36(46)43-39(13,14)15/h16-21H,1-15H3,(H,41,44)(H,42,45)(H,43,46). The maximum absolute atomic E-state index is 13.2. The average Bonchev–Trinajstić information content (AvgIpc) is 2.83. The lowest BCUT2D eigenvalue weighted by Crippen LogP contribution is -2.57. The molecule has 6 nitrogen and oxygen atoms in total. The molecule has 7 heteroatoms. The summed E-state index contributed by atoms with van der Waals surface area (Å²) in [5.41, 5.74) is 10.2. The molecule has 3 N–H and O–H groups in total. The van der Waals surface area contributed by atoms with Gasteiger partial charge in [-0.05, 0) is 140 Å². The minimum absolute atomic E-state index is 0.107. The van der Waals surface area contributed by atoms with Crippen LogP contribution in [0, 0.1) is 41.5 Å². The Balaban J connectivity index is 2.33. The van der Waals surface area contributed by atoms with Gasteiger partial charge in [-0.3, -0.25) is 14.4 Å². The Hall–Kier alpha value is -3.87. The van der Waals surface area contributed by atoms with E-state index in [1.807, 2.05) is 98.7 Å². The third-order valence-corrected chi connectivity index (χ3v) is 7.90. The second-order valence-electron chi connectivity index (χ2n) is 16.1. The summed E-state index contributed by atoms with van der Waals surface area (Å²) in [4.78, 5) is 39.6. The summed E-state index contributed by atoms with van der Waals surface area (Å²) in [6, 6.07) is 11.8.